The molecule has 0 unspecified atom stereocenters. The summed E-state index contributed by atoms with van der Waals surface area (Å²) in [6, 6.07) is 3.09. The zero-order valence-electron chi connectivity index (χ0n) is 12.2. The summed E-state index contributed by atoms with van der Waals surface area (Å²) in [5.41, 5.74) is 7.59. The van der Waals surface area contributed by atoms with Crippen LogP contribution in [0.4, 0.5) is 15.8 Å². The van der Waals surface area contributed by atoms with Gasteiger partial charge in [-0.2, -0.15) is 0 Å². The summed E-state index contributed by atoms with van der Waals surface area (Å²) in [6.07, 6.45) is 1.06. The molecule has 0 spiro atoms. The molecule has 0 saturated carbocycles. The Balaban J connectivity index is 2.30. The van der Waals surface area contributed by atoms with Crippen molar-refractivity contribution in [3.63, 3.8) is 0 Å². The summed E-state index contributed by atoms with van der Waals surface area (Å²) in [4.78, 5) is 2.21. The van der Waals surface area contributed by atoms with Gasteiger partial charge in [-0.25, -0.2) is 4.39 Å². The van der Waals surface area contributed by atoms with Gasteiger partial charge in [0.2, 0.25) is 0 Å². The number of nitrogens with two attached hydrogens (primary N) is 1. The molecule has 1 aromatic carbocycles. The van der Waals surface area contributed by atoms with E-state index >= 15 is 0 Å². The van der Waals surface area contributed by atoms with Gasteiger partial charge in [0, 0.05) is 25.2 Å². The van der Waals surface area contributed by atoms with E-state index in [1.807, 2.05) is 13.8 Å². The van der Waals surface area contributed by atoms with Gasteiger partial charge in [0.05, 0.1) is 17.5 Å². The molecule has 2 rings (SSSR count). The first-order valence-electron chi connectivity index (χ1n) is 6.79. The smallest absolute Gasteiger partial charge is 0.167 e. The number of ether oxygens (including phenoxy) is 1. The van der Waals surface area contributed by atoms with Crippen molar-refractivity contribution in [1.29, 1.82) is 0 Å². The van der Waals surface area contributed by atoms with Crippen molar-refractivity contribution in [2.24, 2.45) is 5.41 Å². The first-order valence-corrected chi connectivity index (χ1v) is 6.79. The first kappa shape index (κ1) is 14.0. The molecule has 1 aliphatic rings. The lowest BCUT2D eigenvalue weighted by Gasteiger charge is -2.24. The van der Waals surface area contributed by atoms with E-state index in [-0.39, 0.29) is 17.3 Å². The van der Waals surface area contributed by atoms with E-state index in [2.05, 4.69) is 18.7 Å². The summed E-state index contributed by atoms with van der Waals surface area (Å²) >= 11 is 0. The fraction of sp³-hybridized carbons (Fsp3) is 0.600. The van der Waals surface area contributed by atoms with Crippen LogP contribution in [0.15, 0.2) is 12.1 Å². The Labute approximate surface area is 114 Å². The summed E-state index contributed by atoms with van der Waals surface area (Å²) in [5, 5.41) is 0. The molecule has 3 nitrogen and oxygen atoms in total. The highest BCUT2D eigenvalue weighted by molar-refractivity contribution is 5.70. The maximum atomic E-state index is 13.8. The minimum absolute atomic E-state index is 0.0546. The first-order chi connectivity index (χ1) is 8.78. The summed E-state index contributed by atoms with van der Waals surface area (Å²) in [7, 11) is 0. The molecule has 1 aliphatic heterocycles. The minimum Gasteiger partial charge on any atom is -0.488 e. The number of benzene rings is 1. The summed E-state index contributed by atoms with van der Waals surface area (Å²) in [5.74, 6) is -0.114. The summed E-state index contributed by atoms with van der Waals surface area (Å²) < 4.78 is 19.3. The highest BCUT2D eigenvalue weighted by atomic mass is 19.1. The minimum atomic E-state index is -0.395. The van der Waals surface area contributed by atoms with Crippen LogP contribution in [0.3, 0.4) is 0 Å². The maximum absolute atomic E-state index is 13.8. The fourth-order valence-corrected chi connectivity index (χ4v) is 2.49. The third-order valence-corrected chi connectivity index (χ3v) is 3.46. The normalized spacial score (nSPS) is 18.1. The number of rotatable bonds is 3. The Kier molecular flexibility index (Phi) is 3.61. The average Bonchev–Trinajstić information content (AvgIpc) is 2.62. The Morgan fingerprint density at radius 1 is 1.37 bits per heavy atom. The zero-order chi connectivity index (χ0) is 14.2. The Bertz CT molecular complexity index is 471. The lowest BCUT2D eigenvalue weighted by molar-refractivity contribution is 0.231. The van der Waals surface area contributed by atoms with Gasteiger partial charge in [0.1, 0.15) is 0 Å². The molecule has 0 radical (unpaired) electrons. The van der Waals surface area contributed by atoms with Gasteiger partial charge in [0.25, 0.3) is 0 Å². The zero-order valence-corrected chi connectivity index (χ0v) is 12.2. The standard InChI is InChI=1S/C15H23FN2O/c1-10(2)19-14-8-13(12(17)7-11(14)16)18-6-5-15(3,4)9-18/h7-8,10H,5-6,9,17H2,1-4H3. The van der Waals surface area contributed by atoms with Gasteiger partial charge in [0.15, 0.2) is 11.6 Å². The predicted octanol–water partition coefficient (Wildman–Crippen LogP) is 3.43. The van der Waals surface area contributed by atoms with Crippen molar-refractivity contribution >= 4 is 11.4 Å². The number of nitrogens with zero attached hydrogens (tertiary/aromatic N) is 1. The van der Waals surface area contributed by atoms with Crippen LogP contribution in [0, 0.1) is 11.2 Å². The molecule has 1 fully saturated rings. The van der Waals surface area contributed by atoms with E-state index in [0.717, 1.165) is 25.2 Å². The van der Waals surface area contributed by atoms with Crippen molar-refractivity contribution in [2.75, 3.05) is 23.7 Å². The van der Waals surface area contributed by atoms with Crippen molar-refractivity contribution in [2.45, 2.75) is 40.2 Å². The van der Waals surface area contributed by atoms with Crippen molar-refractivity contribution in [1.82, 2.24) is 0 Å². The van der Waals surface area contributed by atoms with Gasteiger partial charge < -0.3 is 15.4 Å². The van der Waals surface area contributed by atoms with Crippen LogP contribution in [-0.4, -0.2) is 19.2 Å². The lowest BCUT2D eigenvalue weighted by atomic mass is 9.93. The SMILES string of the molecule is CC(C)Oc1cc(N2CCC(C)(C)C2)c(N)cc1F. The van der Waals surface area contributed by atoms with E-state index < -0.39 is 5.82 Å². The topological polar surface area (TPSA) is 38.5 Å². The highest BCUT2D eigenvalue weighted by Crippen LogP contribution is 2.38. The van der Waals surface area contributed by atoms with E-state index in [1.165, 1.54) is 6.07 Å². The monoisotopic (exact) mass is 266 g/mol. The molecule has 19 heavy (non-hydrogen) atoms. The molecule has 0 atom stereocenters. The van der Waals surface area contributed by atoms with Crippen molar-refractivity contribution in [3.8, 4) is 5.75 Å². The molecule has 1 aromatic rings. The predicted molar refractivity (Wildman–Crippen MR) is 77.2 cm³/mol. The second-order valence-electron chi connectivity index (χ2n) is 6.34. The van der Waals surface area contributed by atoms with Crippen LogP contribution >= 0.6 is 0 Å². The van der Waals surface area contributed by atoms with Crippen LogP contribution < -0.4 is 15.4 Å². The lowest BCUT2D eigenvalue weighted by Crippen LogP contribution is -2.24. The maximum Gasteiger partial charge on any atom is 0.167 e. The van der Waals surface area contributed by atoms with E-state index in [0.29, 0.717) is 5.69 Å². The Morgan fingerprint density at radius 2 is 2.05 bits per heavy atom. The van der Waals surface area contributed by atoms with Crippen LogP contribution in [0.5, 0.6) is 5.75 Å². The van der Waals surface area contributed by atoms with Gasteiger partial charge in [-0.15, -0.1) is 0 Å². The molecule has 106 valence electrons. The molecule has 0 amide bonds. The van der Waals surface area contributed by atoms with E-state index in [1.54, 1.807) is 6.07 Å². The number of hydrogen-bond acceptors (Lipinski definition) is 3. The molecule has 0 aromatic heterocycles. The molecule has 4 heteroatoms. The van der Waals surface area contributed by atoms with Gasteiger partial charge >= 0.3 is 0 Å². The van der Waals surface area contributed by atoms with Crippen LogP contribution in [0.1, 0.15) is 34.1 Å². The van der Waals surface area contributed by atoms with Gasteiger partial charge in [-0.3, -0.25) is 0 Å². The highest BCUT2D eigenvalue weighted by Gasteiger charge is 2.30. The van der Waals surface area contributed by atoms with Gasteiger partial charge in [-0.1, -0.05) is 13.8 Å². The largest absolute Gasteiger partial charge is 0.488 e. The second kappa shape index (κ2) is 4.91. The third kappa shape index (κ3) is 3.11. The molecule has 2 N–H and O–H groups in total. The molecule has 1 heterocycles. The van der Waals surface area contributed by atoms with Crippen LogP contribution in [0.2, 0.25) is 0 Å². The Hall–Kier alpha value is -1.45. The molecule has 0 bridgehead atoms. The molecular formula is C15H23FN2O. The van der Waals surface area contributed by atoms with Crippen molar-refractivity contribution < 1.29 is 9.13 Å². The van der Waals surface area contributed by atoms with Crippen LogP contribution in [-0.2, 0) is 0 Å². The number of nitrogen functional groups attached to an aromatic ring is 1. The number of hydrogen-bond donors (Lipinski definition) is 1. The fourth-order valence-electron chi connectivity index (χ4n) is 2.49. The van der Waals surface area contributed by atoms with Crippen molar-refractivity contribution in [3.05, 3.63) is 17.9 Å². The quantitative estimate of drug-likeness (QED) is 0.852. The molecular weight excluding hydrogens is 243 g/mol. The van der Waals surface area contributed by atoms with E-state index in [4.69, 9.17) is 10.5 Å². The molecule has 1 saturated heterocycles. The second-order valence-corrected chi connectivity index (χ2v) is 6.34. The Morgan fingerprint density at radius 3 is 2.58 bits per heavy atom. The van der Waals surface area contributed by atoms with Crippen LogP contribution in [0.25, 0.3) is 0 Å². The number of halogens is 1. The van der Waals surface area contributed by atoms with Gasteiger partial charge in [-0.05, 0) is 25.7 Å². The van der Waals surface area contributed by atoms with E-state index in [9.17, 15) is 4.39 Å². The third-order valence-electron chi connectivity index (χ3n) is 3.46. The summed E-state index contributed by atoms with van der Waals surface area (Å²) in [6.45, 7) is 10.1. The number of anilines is 2. The molecule has 0 aliphatic carbocycles. The average molecular weight is 266 g/mol.